The third kappa shape index (κ3) is 2.20. The van der Waals surface area contributed by atoms with Gasteiger partial charge in [-0.05, 0) is 59.8 Å². The Morgan fingerprint density at radius 3 is 2.55 bits per heavy atom. The maximum atomic E-state index is 9.50. The summed E-state index contributed by atoms with van der Waals surface area (Å²) in [5.41, 5.74) is 2.33. The Bertz CT molecular complexity index is 420. The highest BCUT2D eigenvalue weighted by atomic mass is 16.4. The van der Waals surface area contributed by atoms with Crippen LogP contribution in [0.5, 0.6) is 0 Å². The number of carboxylic acids is 1. The van der Waals surface area contributed by atoms with Crippen LogP contribution in [0.25, 0.3) is 0 Å². The summed E-state index contributed by atoms with van der Waals surface area (Å²) < 4.78 is 0. The minimum atomic E-state index is -0.833. The molecule has 20 heavy (non-hydrogen) atoms. The van der Waals surface area contributed by atoms with Gasteiger partial charge in [-0.1, -0.05) is 26.8 Å². The van der Waals surface area contributed by atoms with Crippen molar-refractivity contribution in [2.75, 3.05) is 6.61 Å². The minimum Gasteiger partial charge on any atom is -0.481 e. The zero-order valence-electron chi connectivity index (χ0n) is 13.1. The quantitative estimate of drug-likeness (QED) is 0.723. The molecule has 3 aliphatic rings. The molecular formula is C17H28O3. The molecule has 1 spiro atoms. The molecule has 3 rings (SSSR count). The molecule has 3 heteroatoms. The molecule has 4 atom stereocenters. The van der Waals surface area contributed by atoms with Crippen LogP contribution in [0, 0.1) is 28.6 Å². The number of hydrogen-bond donors (Lipinski definition) is 2. The average molecular weight is 280 g/mol. The van der Waals surface area contributed by atoms with E-state index >= 15 is 0 Å². The van der Waals surface area contributed by atoms with Crippen LogP contribution in [0.1, 0.15) is 53.4 Å². The van der Waals surface area contributed by atoms with E-state index in [4.69, 9.17) is 9.90 Å². The second-order valence-electron chi connectivity index (χ2n) is 7.50. The molecule has 2 N–H and O–H groups in total. The first-order valence-corrected chi connectivity index (χ1v) is 7.75. The lowest BCUT2D eigenvalue weighted by molar-refractivity contribution is -0.134. The van der Waals surface area contributed by atoms with E-state index in [-0.39, 0.29) is 6.61 Å². The molecule has 0 aromatic rings. The monoisotopic (exact) mass is 280 g/mol. The van der Waals surface area contributed by atoms with E-state index in [2.05, 4.69) is 26.8 Å². The number of carbonyl (C=O) groups is 1. The smallest absolute Gasteiger partial charge is 0.300 e. The van der Waals surface area contributed by atoms with E-state index in [1.54, 1.807) is 0 Å². The van der Waals surface area contributed by atoms with E-state index in [1.807, 2.05) is 0 Å². The Kier molecular flexibility index (Phi) is 4.03. The maximum Gasteiger partial charge on any atom is 0.300 e. The van der Waals surface area contributed by atoms with Crippen molar-refractivity contribution in [2.24, 2.45) is 28.6 Å². The van der Waals surface area contributed by atoms with Gasteiger partial charge in [-0.3, -0.25) is 4.79 Å². The van der Waals surface area contributed by atoms with Gasteiger partial charge in [0.1, 0.15) is 0 Å². The molecule has 0 heterocycles. The van der Waals surface area contributed by atoms with Crippen LogP contribution in [0.4, 0.5) is 0 Å². The summed E-state index contributed by atoms with van der Waals surface area (Å²) >= 11 is 0. The summed E-state index contributed by atoms with van der Waals surface area (Å²) in [6.07, 6.45) is 7.78. The van der Waals surface area contributed by atoms with Gasteiger partial charge in [0, 0.05) is 6.92 Å². The average Bonchev–Trinajstić information content (AvgIpc) is 2.74. The lowest BCUT2D eigenvalue weighted by Gasteiger charge is -2.36. The van der Waals surface area contributed by atoms with Gasteiger partial charge in [-0.2, -0.15) is 0 Å². The van der Waals surface area contributed by atoms with Crippen LogP contribution < -0.4 is 0 Å². The highest BCUT2D eigenvalue weighted by Gasteiger charge is 2.63. The Balaban J connectivity index is 0.000000328. The Morgan fingerprint density at radius 2 is 2.00 bits per heavy atom. The Hall–Kier alpha value is -0.830. The van der Waals surface area contributed by atoms with E-state index in [0.29, 0.717) is 16.7 Å². The number of hydrogen-bond acceptors (Lipinski definition) is 2. The number of carboxylic acid groups (broad SMARTS) is 1. The van der Waals surface area contributed by atoms with Crippen molar-refractivity contribution in [3.63, 3.8) is 0 Å². The molecular weight excluding hydrogens is 252 g/mol. The fourth-order valence-electron chi connectivity index (χ4n) is 5.35. The van der Waals surface area contributed by atoms with Gasteiger partial charge in [0.05, 0.1) is 6.61 Å². The number of aliphatic hydroxyl groups is 1. The van der Waals surface area contributed by atoms with Crippen molar-refractivity contribution < 1.29 is 15.0 Å². The standard InChI is InChI=1S/C15H24O.C2H4O2/c1-10-4-5-13-14(2,3)12-8-15(10,13)7-6-11(12)9-16;1-2(3)4/h6,10,12-13,16H,4-5,7-9H2,1-3H3;1H3,(H,3,4)/t10-,12+,13+,15+;/m1./s1. The fraction of sp³-hybridized carbons (Fsp3) is 0.824. The molecule has 0 radical (unpaired) electrons. The van der Waals surface area contributed by atoms with Crippen LogP contribution in [0.3, 0.4) is 0 Å². The lowest BCUT2D eigenvalue weighted by atomic mass is 9.68. The van der Waals surface area contributed by atoms with Crippen molar-refractivity contribution in [1.82, 2.24) is 0 Å². The zero-order valence-corrected chi connectivity index (χ0v) is 13.1. The van der Waals surface area contributed by atoms with E-state index in [0.717, 1.165) is 18.8 Å². The number of aliphatic carboxylic acids is 1. The van der Waals surface area contributed by atoms with Crippen LogP contribution in [0.15, 0.2) is 11.6 Å². The molecule has 3 aliphatic carbocycles. The molecule has 0 aliphatic heterocycles. The minimum absolute atomic E-state index is 0.283. The van der Waals surface area contributed by atoms with Crippen molar-refractivity contribution in [3.8, 4) is 0 Å². The van der Waals surface area contributed by atoms with Crippen molar-refractivity contribution in [2.45, 2.75) is 53.4 Å². The summed E-state index contributed by atoms with van der Waals surface area (Å²) in [4.78, 5) is 9.00. The SMILES string of the molecule is CC(=O)O.C[C@@H]1CC[C@H]2C(C)(C)[C@H]3C[C@@]12CC=C3CO. The van der Waals surface area contributed by atoms with Gasteiger partial charge >= 0.3 is 0 Å². The van der Waals surface area contributed by atoms with Gasteiger partial charge in [-0.15, -0.1) is 0 Å². The summed E-state index contributed by atoms with van der Waals surface area (Å²) in [6, 6.07) is 0. The highest BCUT2D eigenvalue weighted by molar-refractivity contribution is 5.62. The summed E-state index contributed by atoms with van der Waals surface area (Å²) in [5, 5.41) is 16.9. The number of allylic oxidation sites excluding steroid dienone is 1. The molecule has 0 aromatic carbocycles. The predicted octanol–water partition coefficient (Wildman–Crippen LogP) is 3.48. The summed E-state index contributed by atoms with van der Waals surface area (Å²) in [6.45, 7) is 8.70. The second kappa shape index (κ2) is 5.18. The second-order valence-corrected chi connectivity index (χ2v) is 7.50. The largest absolute Gasteiger partial charge is 0.481 e. The van der Waals surface area contributed by atoms with Crippen molar-refractivity contribution in [3.05, 3.63) is 11.6 Å². The zero-order chi connectivity index (χ0) is 15.1. The molecule has 114 valence electrons. The first-order valence-electron chi connectivity index (χ1n) is 7.75. The first-order chi connectivity index (χ1) is 9.25. The fourth-order valence-corrected chi connectivity index (χ4v) is 5.35. The Labute approximate surface area is 122 Å². The van der Waals surface area contributed by atoms with Crippen LogP contribution in [-0.2, 0) is 4.79 Å². The molecule has 2 bridgehead atoms. The lowest BCUT2D eigenvalue weighted by Crippen LogP contribution is -2.30. The predicted molar refractivity (Wildman–Crippen MR) is 79.3 cm³/mol. The molecule has 0 saturated heterocycles. The first kappa shape index (κ1) is 15.6. The van der Waals surface area contributed by atoms with Gasteiger partial charge < -0.3 is 10.2 Å². The van der Waals surface area contributed by atoms with E-state index in [9.17, 15) is 5.11 Å². The molecule has 0 amide bonds. The van der Waals surface area contributed by atoms with Crippen LogP contribution in [0.2, 0.25) is 0 Å². The molecule has 2 fully saturated rings. The van der Waals surface area contributed by atoms with Crippen molar-refractivity contribution in [1.29, 1.82) is 0 Å². The number of aliphatic hydroxyl groups excluding tert-OH is 1. The van der Waals surface area contributed by atoms with E-state index in [1.165, 1.54) is 31.3 Å². The normalized spacial score (nSPS) is 40.5. The van der Waals surface area contributed by atoms with Gasteiger partial charge in [0.15, 0.2) is 0 Å². The van der Waals surface area contributed by atoms with Crippen LogP contribution >= 0.6 is 0 Å². The topological polar surface area (TPSA) is 57.5 Å². The van der Waals surface area contributed by atoms with Crippen LogP contribution in [-0.4, -0.2) is 22.8 Å². The highest BCUT2D eigenvalue weighted by Crippen LogP contribution is 2.71. The molecule has 0 aromatic heterocycles. The maximum absolute atomic E-state index is 9.50. The third-order valence-electron chi connectivity index (χ3n) is 6.32. The summed E-state index contributed by atoms with van der Waals surface area (Å²) in [5.74, 6) is 1.59. The molecule has 0 unspecified atom stereocenters. The summed E-state index contributed by atoms with van der Waals surface area (Å²) in [7, 11) is 0. The van der Waals surface area contributed by atoms with Gasteiger partial charge in [-0.25, -0.2) is 0 Å². The molecule has 2 saturated carbocycles. The number of rotatable bonds is 1. The number of fused-ring (bicyclic) bond motifs is 1. The van der Waals surface area contributed by atoms with Gasteiger partial charge in [0.25, 0.3) is 5.97 Å². The van der Waals surface area contributed by atoms with Crippen molar-refractivity contribution >= 4 is 5.97 Å². The Morgan fingerprint density at radius 1 is 1.40 bits per heavy atom. The van der Waals surface area contributed by atoms with E-state index < -0.39 is 5.97 Å². The molecule has 3 nitrogen and oxygen atoms in total. The third-order valence-corrected chi connectivity index (χ3v) is 6.32. The van der Waals surface area contributed by atoms with Gasteiger partial charge in [0.2, 0.25) is 0 Å².